The summed E-state index contributed by atoms with van der Waals surface area (Å²) in [5, 5.41) is 1.71. The number of hydrogen-bond acceptors (Lipinski definition) is 0. The molecule has 0 heterocycles. The number of fused-ring (bicyclic) bond motifs is 1. The summed E-state index contributed by atoms with van der Waals surface area (Å²) in [5.74, 6) is 0. The smallest absolute Gasteiger partial charge is 0.147 e. The zero-order valence-corrected chi connectivity index (χ0v) is 16.7. The second kappa shape index (κ2) is 6.85. The first-order valence-electron chi connectivity index (χ1n) is 5.22. The van der Waals surface area contributed by atoms with Crippen molar-refractivity contribution in [2.24, 2.45) is 0 Å². The summed E-state index contributed by atoms with van der Waals surface area (Å²) in [4.78, 5) is 0. The first-order valence-corrected chi connectivity index (χ1v) is 9.53. The molecule has 0 aliphatic heterocycles. The van der Waals surface area contributed by atoms with Crippen molar-refractivity contribution in [2.75, 3.05) is 13.3 Å². The Morgan fingerprint density at radius 2 is 1.59 bits per heavy atom. The Morgan fingerprint density at radius 1 is 1.06 bits per heavy atom. The van der Waals surface area contributed by atoms with E-state index in [1.54, 1.807) is 10.9 Å². The van der Waals surface area contributed by atoms with E-state index in [1.807, 2.05) is 0 Å². The summed E-state index contributed by atoms with van der Waals surface area (Å²) in [6, 6.07) is 4.54. The van der Waals surface area contributed by atoms with Gasteiger partial charge in [-0.2, -0.15) is 0 Å². The minimum atomic E-state index is 0. The topological polar surface area (TPSA) is 0 Å². The van der Waals surface area contributed by atoms with Crippen molar-refractivity contribution in [3.05, 3.63) is 39.7 Å². The predicted molar refractivity (Wildman–Crippen MR) is 79.9 cm³/mol. The van der Waals surface area contributed by atoms with E-state index in [1.165, 1.54) is 41.1 Å². The standard InChI is InChI=1S/C13H16P.2ClH.Hf/c1-9-5-6-10(2)13-8-11(14(3)4)7-12(9)13;;;/h5-8H,1-4H3;2*1H;. The van der Waals surface area contributed by atoms with Gasteiger partial charge in [-0.3, -0.25) is 0 Å². The van der Waals surface area contributed by atoms with Crippen LogP contribution >= 0.6 is 32.7 Å². The SMILES string of the molecule is Cc1ccc(C)c2c1C=C(P(C)C)[CH]2[Hf].Cl.Cl. The number of benzene rings is 1. The van der Waals surface area contributed by atoms with Crippen molar-refractivity contribution in [3.63, 3.8) is 0 Å². The van der Waals surface area contributed by atoms with Crippen LogP contribution in [0.1, 0.15) is 25.9 Å². The molecule has 0 bridgehead atoms. The molecule has 0 N–H and O–H groups in total. The van der Waals surface area contributed by atoms with Crippen LogP contribution < -0.4 is 0 Å². The summed E-state index contributed by atoms with van der Waals surface area (Å²) in [7, 11) is 0.0838. The van der Waals surface area contributed by atoms with E-state index in [-0.39, 0.29) is 32.7 Å². The predicted octanol–water partition coefficient (Wildman–Crippen LogP) is 4.83. The summed E-state index contributed by atoms with van der Waals surface area (Å²) in [5.41, 5.74) is 6.09. The maximum Gasteiger partial charge on any atom is -0.147 e. The van der Waals surface area contributed by atoms with Gasteiger partial charge >= 0.3 is 109 Å². The summed E-state index contributed by atoms with van der Waals surface area (Å²) in [6.07, 6.45) is 2.47. The van der Waals surface area contributed by atoms with Crippen LogP contribution in [0.5, 0.6) is 0 Å². The molecule has 0 saturated carbocycles. The van der Waals surface area contributed by atoms with Crippen LogP contribution in [-0.2, 0) is 24.4 Å². The van der Waals surface area contributed by atoms with Gasteiger partial charge in [0.25, 0.3) is 0 Å². The molecule has 1 atom stereocenters. The Labute approximate surface area is 133 Å². The maximum atomic E-state index is 2.47. The fourth-order valence-electron chi connectivity index (χ4n) is 2.20. The molecule has 4 heteroatoms. The average molecular weight is 455 g/mol. The molecule has 0 fully saturated rings. The van der Waals surface area contributed by atoms with E-state index in [0.717, 1.165) is 3.67 Å². The molecule has 0 amide bonds. The monoisotopic (exact) mass is 455 g/mol. The van der Waals surface area contributed by atoms with Crippen LogP contribution in [0.4, 0.5) is 0 Å². The van der Waals surface area contributed by atoms with E-state index in [4.69, 9.17) is 0 Å². The van der Waals surface area contributed by atoms with Gasteiger partial charge < -0.3 is 0 Å². The van der Waals surface area contributed by atoms with Crippen molar-refractivity contribution in [2.45, 2.75) is 17.5 Å². The average Bonchev–Trinajstić information content (AvgIpc) is 2.51. The van der Waals surface area contributed by atoms with Gasteiger partial charge in [-0.1, -0.05) is 0 Å². The molecule has 0 aromatic heterocycles. The fraction of sp³-hybridized carbons (Fsp3) is 0.385. The second-order valence-corrected chi connectivity index (χ2v) is 8.80. The van der Waals surface area contributed by atoms with E-state index < -0.39 is 0 Å². The zero-order valence-electron chi connectivity index (χ0n) is 10.6. The van der Waals surface area contributed by atoms with E-state index >= 15 is 0 Å². The molecule has 1 aliphatic rings. The van der Waals surface area contributed by atoms with Gasteiger partial charge in [-0.05, 0) is 0 Å². The van der Waals surface area contributed by atoms with Crippen molar-refractivity contribution in [1.29, 1.82) is 0 Å². The first kappa shape index (κ1) is 17.8. The molecule has 1 unspecified atom stereocenters. The van der Waals surface area contributed by atoms with E-state index in [0.29, 0.717) is 0 Å². The van der Waals surface area contributed by atoms with Crippen LogP contribution in [-0.4, -0.2) is 13.3 Å². The Hall–Kier alpha value is 0.840. The molecular formula is C13H18Cl2HfP. The van der Waals surface area contributed by atoms with Crippen molar-refractivity contribution in [1.82, 2.24) is 0 Å². The number of allylic oxidation sites excluding steroid dienone is 1. The van der Waals surface area contributed by atoms with E-state index in [2.05, 4.69) is 45.4 Å². The Bertz CT molecular complexity index is 441. The molecule has 17 heavy (non-hydrogen) atoms. The third kappa shape index (κ3) is 3.24. The fourth-order valence-corrected chi connectivity index (χ4v) is 7.69. The van der Waals surface area contributed by atoms with Crippen LogP contribution in [0.25, 0.3) is 6.08 Å². The Balaban J connectivity index is 0.00000128. The quantitative estimate of drug-likeness (QED) is 0.421. The number of aryl methyl sites for hydroxylation is 2. The van der Waals surface area contributed by atoms with Crippen LogP contribution in [0.15, 0.2) is 17.4 Å². The van der Waals surface area contributed by atoms with Gasteiger partial charge in [0.15, 0.2) is 0 Å². The molecule has 1 aromatic rings. The van der Waals surface area contributed by atoms with Crippen molar-refractivity contribution in [3.8, 4) is 0 Å². The molecule has 0 nitrogen and oxygen atoms in total. The zero-order chi connectivity index (χ0) is 11.2. The van der Waals surface area contributed by atoms with Gasteiger partial charge in [0.2, 0.25) is 0 Å². The molecule has 0 saturated heterocycles. The Kier molecular flexibility index (Phi) is 7.19. The number of hydrogen-bond donors (Lipinski definition) is 0. The largest absolute Gasteiger partial charge is 0.147 e. The molecule has 93 valence electrons. The molecular weight excluding hydrogens is 437 g/mol. The van der Waals surface area contributed by atoms with Crippen molar-refractivity contribution >= 4 is 38.8 Å². The molecule has 1 aliphatic carbocycles. The van der Waals surface area contributed by atoms with Crippen LogP contribution in [0.2, 0.25) is 0 Å². The third-order valence-electron chi connectivity index (χ3n) is 3.12. The van der Waals surface area contributed by atoms with Crippen LogP contribution in [0, 0.1) is 13.8 Å². The van der Waals surface area contributed by atoms with Gasteiger partial charge in [-0.25, -0.2) is 0 Å². The first-order chi connectivity index (χ1) is 7.02. The molecule has 2 rings (SSSR count). The summed E-state index contributed by atoms with van der Waals surface area (Å²) >= 11 is 1.25. The van der Waals surface area contributed by atoms with Gasteiger partial charge in [0, 0.05) is 0 Å². The van der Waals surface area contributed by atoms with Gasteiger partial charge in [0.05, 0.1) is 0 Å². The van der Waals surface area contributed by atoms with Crippen LogP contribution in [0.3, 0.4) is 0 Å². The van der Waals surface area contributed by atoms with Crippen molar-refractivity contribution < 1.29 is 24.4 Å². The third-order valence-corrected chi connectivity index (χ3v) is 7.56. The second-order valence-electron chi connectivity index (χ2n) is 4.42. The number of halogens is 2. The maximum absolute atomic E-state index is 2.47. The Morgan fingerprint density at radius 3 is 2.06 bits per heavy atom. The summed E-state index contributed by atoms with van der Waals surface area (Å²) in [6.45, 7) is 9.25. The van der Waals surface area contributed by atoms with Gasteiger partial charge in [0.1, 0.15) is 0 Å². The molecule has 1 aromatic carbocycles. The summed E-state index contributed by atoms with van der Waals surface area (Å²) < 4.78 is 0.779. The van der Waals surface area contributed by atoms with E-state index in [9.17, 15) is 0 Å². The molecule has 0 radical (unpaired) electrons. The minimum absolute atomic E-state index is 0. The van der Waals surface area contributed by atoms with Gasteiger partial charge in [-0.15, -0.1) is 24.8 Å². The minimum Gasteiger partial charge on any atom is -0.147 e. The number of rotatable bonds is 1. The normalized spacial score (nSPS) is 16.9. The molecule has 0 spiro atoms.